The third-order valence-corrected chi connectivity index (χ3v) is 10.1. The predicted molar refractivity (Wildman–Crippen MR) is 193 cm³/mol. The van der Waals surface area contributed by atoms with Crippen LogP contribution in [0.4, 0.5) is 5.69 Å². The molecule has 1 saturated heterocycles. The van der Waals surface area contributed by atoms with Crippen molar-refractivity contribution in [2.45, 2.75) is 44.9 Å². The van der Waals surface area contributed by atoms with Crippen molar-refractivity contribution in [3.05, 3.63) is 88.1 Å². The molecular formula is C35H37Cl2N11O3. The molecule has 5 aromatic rings. The van der Waals surface area contributed by atoms with Gasteiger partial charge in [-0.05, 0) is 24.6 Å². The number of halogens is 2. The molecule has 0 unspecified atom stereocenters. The van der Waals surface area contributed by atoms with Crippen molar-refractivity contribution in [1.29, 1.82) is 0 Å². The zero-order chi connectivity index (χ0) is 35.5. The van der Waals surface area contributed by atoms with Crippen molar-refractivity contribution in [3.63, 3.8) is 0 Å². The maximum Gasteiger partial charge on any atom is 0.291 e. The van der Waals surface area contributed by atoms with E-state index in [0.29, 0.717) is 76.0 Å². The van der Waals surface area contributed by atoms with E-state index in [4.69, 9.17) is 37.9 Å². The molecule has 2 aliphatic heterocycles. The Morgan fingerprint density at radius 1 is 1.04 bits per heavy atom. The number of carbonyl (C=O) groups is 2. The molecule has 51 heavy (non-hydrogen) atoms. The lowest BCUT2D eigenvalue weighted by Crippen LogP contribution is -2.35. The van der Waals surface area contributed by atoms with Gasteiger partial charge in [-0.3, -0.25) is 19.5 Å². The first kappa shape index (κ1) is 34.6. The average molecular weight is 731 g/mol. The normalized spacial score (nSPS) is 15.8. The van der Waals surface area contributed by atoms with Gasteiger partial charge in [-0.1, -0.05) is 41.4 Å². The maximum absolute atomic E-state index is 13.6. The van der Waals surface area contributed by atoms with Crippen LogP contribution in [0.15, 0.2) is 55.2 Å². The molecule has 7 rings (SSSR count). The quantitative estimate of drug-likeness (QED) is 0.171. The number of aromatic nitrogens is 7. The van der Waals surface area contributed by atoms with Crippen molar-refractivity contribution in [1.82, 2.24) is 49.8 Å². The van der Waals surface area contributed by atoms with Gasteiger partial charge in [0.05, 0.1) is 39.9 Å². The van der Waals surface area contributed by atoms with Crippen molar-refractivity contribution in [3.8, 4) is 28.4 Å². The van der Waals surface area contributed by atoms with Crippen LogP contribution in [0.25, 0.3) is 22.5 Å². The first-order valence-corrected chi connectivity index (χ1v) is 17.4. The van der Waals surface area contributed by atoms with Gasteiger partial charge in [0, 0.05) is 93.8 Å². The molecule has 0 spiro atoms. The van der Waals surface area contributed by atoms with Gasteiger partial charge in [-0.2, -0.15) is 0 Å². The molecule has 1 fully saturated rings. The summed E-state index contributed by atoms with van der Waals surface area (Å²) in [5.74, 6) is 0.491. The largest absolute Gasteiger partial charge is 0.481 e. The minimum Gasteiger partial charge on any atom is -0.481 e. The Hall–Kier alpha value is -4.89. The number of imidazole rings is 1. The number of rotatable bonds is 12. The van der Waals surface area contributed by atoms with Gasteiger partial charge < -0.3 is 29.8 Å². The second-order valence-corrected chi connectivity index (χ2v) is 13.3. The van der Waals surface area contributed by atoms with Crippen LogP contribution in [0, 0.1) is 0 Å². The molecule has 0 aliphatic carbocycles. The number of anilines is 1. The first-order chi connectivity index (χ1) is 24.8. The van der Waals surface area contributed by atoms with E-state index in [0.717, 1.165) is 49.4 Å². The van der Waals surface area contributed by atoms with Crippen LogP contribution in [0.5, 0.6) is 5.88 Å². The van der Waals surface area contributed by atoms with Crippen LogP contribution in [0.3, 0.4) is 0 Å². The lowest BCUT2D eigenvalue weighted by Gasteiger charge is -2.26. The molecule has 0 bridgehead atoms. The number of hydrogen-bond acceptors (Lipinski definition) is 10. The van der Waals surface area contributed by atoms with Gasteiger partial charge >= 0.3 is 0 Å². The Morgan fingerprint density at radius 2 is 1.88 bits per heavy atom. The van der Waals surface area contributed by atoms with Crippen molar-refractivity contribution in [2.75, 3.05) is 32.1 Å². The standard InChI is InChI=1S/C35H37Cl2N11O3/c1-46-28-11-13-47(14-15-48-19-40-41-20-48)18-27(28)43-33(46)34(50)44-26-5-3-4-24(30(26)36)32-31(37)23(10-12-39-32)25-8-6-21(35(45-25)51-2)16-38-17-22-7-9-29(49)42-22/h3-6,8,10,12,19-20,22,38H,7,9,11,13-18H2,1-2H3,(H,42,49)(H,44,50)/t22-/m1/s1. The van der Waals surface area contributed by atoms with Gasteiger partial charge in [0.25, 0.3) is 5.91 Å². The molecule has 1 aromatic carbocycles. The SMILES string of the molecule is COc1nc(-c2ccnc(-c3cccc(NC(=O)c4nc5c(n4C)CCN(CCn4cnnc4)C5)c3Cl)c2Cl)ccc1CNC[C@H]1CCC(=O)N1. The van der Waals surface area contributed by atoms with Gasteiger partial charge in [-0.25, -0.2) is 9.97 Å². The lowest BCUT2D eigenvalue weighted by atomic mass is 10.1. The lowest BCUT2D eigenvalue weighted by molar-refractivity contribution is -0.119. The number of hydrogen-bond donors (Lipinski definition) is 3. The molecular weight excluding hydrogens is 693 g/mol. The smallest absolute Gasteiger partial charge is 0.291 e. The zero-order valence-corrected chi connectivity index (χ0v) is 29.7. The van der Waals surface area contributed by atoms with Crippen molar-refractivity contribution in [2.24, 2.45) is 7.05 Å². The molecule has 264 valence electrons. The first-order valence-electron chi connectivity index (χ1n) is 16.7. The highest BCUT2D eigenvalue weighted by Crippen LogP contribution is 2.40. The highest BCUT2D eigenvalue weighted by Gasteiger charge is 2.26. The second kappa shape index (κ2) is 15.2. The van der Waals surface area contributed by atoms with E-state index in [-0.39, 0.29) is 17.9 Å². The van der Waals surface area contributed by atoms with Gasteiger partial charge in [0.1, 0.15) is 12.7 Å². The monoisotopic (exact) mass is 729 g/mol. The Kier molecular flexibility index (Phi) is 10.3. The fourth-order valence-electron chi connectivity index (χ4n) is 6.53. The molecule has 3 N–H and O–H groups in total. The van der Waals surface area contributed by atoms with Crippen LogP contribution < -0.4 is 20.7 Å². The number of fused-ring (bicyclic) bond motifs is 1. The molecule has 2 amide bonds. The minimum atomic E-state index is -0.367. The summed E-state index contributed by atoms with van der Waals surface area (Å²) in [4.78, 5) is 41.4. The summed E-state index contributed by atoms with van der Waals surface area (Å²) in [6.07, 6.45) is 7.22. The number of nitrogens with zero attached hydrogens (tertiary/aromatic N) is 8. The van der Waals surface area contributed by atoms with Crippen LogP contribution >= 0.6 is 23.2 Å². The summed E-state index contributed by atoms with van der Waals surface area (Å²) in [6.45, 7) is 4.30. The number of benzene rings is 1. The Morgan fingerprint density at radius 3 is 2.67 bits per heavy atom. The van der Waals surface area contributed by atoms with Crippen LogP contribution in [0.2, 0.25) is 10.0 Å². The highest BCUT2D eigenvalue weighted by molar-refractivity contribution is 6.39. The van der Waals surface area contributed by atoms with E-state index >= 15 is 0 Å². The number of amides is 2. The van der Waals surface area contributed by atoms with Crippen molar-refractivity contribution >= 4 is 40.7 Å². The average Bonchev–Trinajstić information content (AvgIpc) is 3.89. The minimum absolute atomic E-state index is 0.0867. The van der Waals surface area contributed by atoms with Crippen molar-refractivity contribution < 1.29 is 14.3 Å². The summed E-state index contributed by atoms with van der Waals surface area (Å²) >= 11 is 13.9. The topological polar surface area (TPSA) is 157 Å². The Balaban J connectivity index is 1.06. The van der Waals surface area contributed by atoms with Gasteiger partial charge in [0.15, 0.2) is 5.82 Å². The van der Waals surface area contributed by atoms with Crippen LogP contribution in [0.1, 0.15) is 40.4 Å². The van der Waals surface area contributed by atoms with Crippen LogP contribution in [-0.4, -0.2) is 83.8 Å². The zero-order valence-electron chi connectivity index (χ0n) is 28.2. The predicted octanol–water partition coefficient (Wildman–Crippen LogP) is 4.13. The van der Waals surface area contributed by atoms with E-state index in [2.05, 4.69) is 36.0 Å². The van der Waals surface area contributed by atoms with Crippen LogP contribution in [-0.2, 0) is 37.9 Å². The molecule has 4 aromatic heterocycles. The molecule has 6 heterocycles. The number of nitrogens with one attached hydrogen (secondary N) is 3. The van der Waals surface area contributed by atoms with Gasteiger partial charge in [-0.15, -0.1) is 10.2 Å². The fourth-order valence-corrected chi connectivity index (χ4v) is 7.10. The summed E-state index contributed by atoms with van der Waals surface area (Å²) in [5.41, 5.74) is 5.46. The molecule has 0 radical (unpaired) electrons. The summed E-state index contributed by atoms with van der Waals surface area (Å²) in [6, 6.07) is 11.1. The fraction of sp³-hybridized carbons (Fsp3) is 0.343. The number of methoxy groups -OCH3 is 1. The summed E-state index contributed by atoms with van der Waals surface area (Å²) in [5, 5.41) is 17.7. The van der Waals surface area contributed by atoms with E-state index < -0.39 is 0 Å². The van der Waals surface area contributed by atoms with E-state index in [9.17, 15) is 9.59 Å². The molecule has 14 nitrogen and oxygen atoms in total. The molecule has 0 saturated carbocycles. The second-order valence-electron chi connectivity index (χ2n) is 12.6. The van der Waals surface area contributed by atoms with E-state index in [1.807, 2.05) is 28.3 Å². The van der Waals surface area contributed by atoms with E-state index in [1.54, 1.807) is 50.2 Å². The van der Waals surface area contributed by atoms with E-state index in [1.165, 1.54) is 0 Å². The number of ether oxygens (including phenoxy) is 1. The third kappa shape index (κ3) is 7.45. The number of carbonyl (C=O) groups excluding carboxylic acids is 2. The summed E-state index contributed by atoms with van der Waals surface area (Å²) < 4.78 is 9.42. The Bertz CT molecular complexity index is 2070. The third-order valence-electron chi connectivity index (χ3n) is 9.27. The molecule has 16 heteroatoms. The summed E-state index contributed by atoms with van der Waals surface area (Å²) in [7, 11) is 3.44. The number of pyridine rings is 2. The maximum atomic E-state index is 13.6. The highest BCUT2D eigenvalue weighted by atomic mass is 35.5. The molecule has 2 aliphatic rings. The molecule has 1 atom stereocenters. The van der Waals surface area contributed by atoms with Gasteiger partial charge in [0.2, 0.25) is 11.8 Å². The Labute approximate surface area is 304 Å².